The summed E-state index contributed by atoms with van der Waals surface area (Å²) < 4.78 is 5.53. The molecule has 3 nitrogen and oxygen atoms in total. The van der Waals surface area contributed by atoms with Crippen LogP contribution in [0.15, 0.2) is 0 Å². The maximum Gasteiger partial charge on any atom is 0.488 e. The van der Waals surface area contributed by atoms with Gasteiger partial charge in [-0.25, -0.2) is 0 Å². The summed E-state index contributed by atoms with van der Waals surface area (Å²) in [4.78, 5) is 2.30. The van der Waals surface area contributed by atoms with Crippen molar-refractivity contribution in [3.05, 3.63) is 0 Å². The highest BCUT2D eigenvalue weighted by Crippen LogP contribution is 2.16. The Morgan fingerprint density at radius 3 is 2.00 bits per heavy atom. The van der Waals surface area contributed by atoms with Crippen LogP contribution in [0.1, 0.15) is 26.7 Å². The highest BCUT2D eigenvalue weighted by Gasteiger charge is 2.37. The zero-order chi connectivity index (χ0) is 12.0. The van der Waals surface area contributed by atoms with Crippen LogP contribution in [0.3, 0.4) is 0 Å². The lowest BCUT2D eigenvalue weighted by molar-refractivity contribution is 0.396. The molecule has 0 atom stereocenters. The molecule has 1 rings (SSSR count). The van der Waals surface area contributed by atoms with Gasteiger partial charge in [-0.2, -0.15) is 0 Å². The third-order valence-corrected chi connectivity index (χ3v) is 7.50. The van der Waals surface area contributed by atoms with E-state index in [1.807, 2.05) is 0 Å². The monoisotopic (exact) mass is 241 g/mol. The zero-order valence-electron chi connectivity index (χ0n) is 11.6. The van der Waals surface area contributed by atoms with Crippen LogP contribution < -0.4 is 0 Å². The van der Waals surface area contributed by atoms with Crippen LogP contribution in [-0.2, 0) is 0 Å². The maximum atomic E-state index is 2.76. The summed E-state index contributed by atoms with van der Waals surface area (Å²) in [6.07, 6.45) is 2.79. The summed E-state index contributed by atoms with van der Waals surface area (Å²) in [6, 6.07) is 0. The zero-order valence-corrected chi connectivity index (χ0v) is 12.7. The van der Waals surface area contributed by atoms with Crippen molar-refractivity contribution in [2.24, 2.45) is 0 Å². The first-order valence-electron chi connectivity index (χ1n) is 6.81. The molecule has 16 heavy (non-hydrogen) atoms. The van der Waals surface area contributed by atoms with Crippen molar-refractivity contribution in [2.75, 3.05) is 46.8 Å². The van der Waals surface area contributed by atoms with Gasteiger partial charge in [-0.1, -0.05) is 25.6 Å². The lowest BCUT2D eigenvalue weighted by Crippen LogP contribution is -2.43. The van der Waals surface area contributed by atoms with E-state index in [0.717, 1.165) is 0 Å². The SMILES string of the molecule is CC[N]1CC[N](CC)[Al]1[CH2]CCCN(C)C. The summed E-state index contributed by atoms with van der Waals surface area (Å²) >= 11 is -0.726. The second-order valence-corrected chi connectivity index (χ2v) is 8.04. The Hall–Kier alpha value is 0.412. The van der Waals surface area contributed by atoms with Crippen molar-refractivity contribution >= 4 is 14.6 Å². The molecule has 0 amide bonds. The molecule has 1 saturated heterocycles. The van der Waals surface area contributed by atoms with Gasteiger partial charge in [0.2, 0.25) is 0 Å². The van der Waals surface area contributed by atoms with Crippen molar-refractivity contribution in [1.82, 2.24) is 12.7 Å². The van der Waals surface area contributed by atoms with Crippen LogP contribution in [0.2, 0.25) is 5.28 Å². The van der Waals surface area contributed by atoms with Crippen LogP contribution in [-0.4, -0.2) is 74.1 Å². The summed E-state index contributed by atoms with van der Waals surface area (Å²) in [5.74, 6) is 0. The molecule has 0 aliphatic carbocycles. The fourth-order valence-corrected chi connectivity index (χ4v) is 6.16. The van der Waals surface area contributed by atoms with E-state index in [1.165, 1.54) is 50.8 Å². The number of hydrogen-bond acceptors (Lipinski definition) is 3. The van der Waals surface area contributed by atoms with E-state index in [9.17, 15) is 0 Å². The van der Waals surface area contributed by atoms with Crippen LogP contribution >= 0.6 is 0 Å². The van der Waals surface area contributed by atoms with E-state index in [0.29, 0.717) is 0 Å². The molecule has 0 spiro atoms. The second kappa shape index (κ2) is 7.68. The van der Waals surface area contributed by atoms with Crippen LogP contribution in [0.25, 0.3) is 0 Å². The third kappa shape index (κ3) is 4.35. The highest BCUT2D eigenvalue weighted by atomic mass is 27.2. The average molecular weight is 241 g/mol. The molecule has 1 aliphatic heterocycles. The maximum absolute atomic E-state index is 2.76. The van der Waals surface area contributed by atoms with Crippen LogP contribution in [0, 0.1) is 0 Å². The number of nitrogens with zero attached hydrogens (tertiary/aromatic N) is 3. The lowest BCUT2D eigenvalue weighted by atomic mass is 10.3. The topological polar surface area (TPSA) is 9.72 Å². The number of rotatable bonds is 7. The Morgan fingerprint density at radius 1 is 1.00 bits per heavy atom. The lowest BCUT2D eigenvalue weighted by Gasteiger charge is -2.23. The standard InChI is InChI=1S/C6H14N2.C6H14N.Al/c1-3-7-5-6-8-4-2;1-4-5-6-7(2)3;/h3-6H2,1-2H3;1,4-6H2,2-3H3;/q-2;;+2. The number of hydrogen-bond donors (Lipinski definition) is 0. The normalized spacial score (nSPS) is 18.9. The Bertz CT molecular complexity index is 175. The molecule has 0 aromatic carbocycles. The third-order valence-electron chi connectivity index (χ3n) is 3.65. The minimum absolute atomic E-state index is 0.726. The summed E-state index contributed by atoms with van der Waals surface area (Å²) in [7, 11) is 4.34. The van der Waals surface area contributed by atoms with Gasteiger partial charge >= 0.3 is 14.6 Å². The Balaban J connectivity index is 2.26. The quantitative estimate of drug-likeness (QED) is 0.494. The number of likely N-dealkylation sites (N-methyl/N-ethyl adjacent to an activating group) is 2. The molecular formula is C12H28AlN3. The molecular weight excluding hydrogens is 213 g/mol. The van der Waals surface area contributed by atoms with Gasteiger partial charge in [-0.05, 0) is 53.2 Å². The van der Waals surface area contributed by atoms with Gasteiger partial charge in [0.1, 0.15) is 0 Å². The fourth-order valence-electron chi connectivity index (χ4n) is 2.64. The van der Waals surface area contributed by atoms with Gasteiger partial charge in [-0.3, -0.25) is 0 Å². The summed E-state index contributed by atoms with van der Waals surface area (Å²) in [5.41, 5.74) is 0. The molecule has 0 radical (unpaired) electrons. The molecule has 1 fully saturated rings. The molecule has 0 bridgehead atoms. The summed E-state index contributed by atoms with van der Waals surface area (Å²) in [6.45, 7) is 11.1. The van der Waals surface area contributed by atoms with E-state index in [1.54, 1.807) is 0 Å². The Kier molecular flexibility index (Phi) is 6.95. The molecule has 1 heterocycles. The molecule has 0 unspecified atom stereocenters. The average Bonchev–Trinajstić information content (AvgIpc) is 2.66. The molecule has 0 aromatic heterocycles. The molecule has 1 aliphatic rings. The van der Waals surface area contributed by atoms with Crippen molar-refractivity contribution in [1.29, 1.82) is 0 Å². The van der Waals surface area contributed by atoms with Crippen LogP contribution in [0.5, 0.6) is 0 Å². The first kappa shape index (κ1) is 14.5. The largest absolute Gasteiger partial charge is 0.488 e. The van der Waals surface area contributed by atoms with Crippen molar-refractivity contribution in [3.8, 4) is 0 Å². The predicted octanol–water partition coefficient (Wildman–Crippen LogP) is 1.47. The Labute approximate surface area is 106 Å². The Morgan fingerprint density at radius 2 is 1.56 bits per heavy atom. The number of unbranched alkanes of at least 4 members (excludes halogenated alkanes) is 1. The first-order chi connectivity index (χ1) is 7.69. The van der Waals surface area contributed by atoms with E-state index in [2.05, 4.69) is 40.6 Å². The van der Waals surface area contributed by atoms with Gasteiger partial charge < -0.3 is 12.7 Å². The van der Waals surface area contributed by atoms with Crippen molar-refractivity contribution in [3.63, 3.8) is 0 Å². The van der Waals surface area contributed by atoms with Crippen molar-refractivity contribution < 1.29 is 0 Å². The minimum atomic E-state index is -0.726. The van der Waals surface area contributed by atoms with E-state index in [4.69, 9.17) is 0 Å². The van der Waals surface area contributed by atoms with Gasteiger partial charge in [0.25, 0.3) is 0 Å². The second-order valence-electron chi connectivity index (χ2n) is 5.04. The smallest absolute Gasteiger partial charge is 0.370 e. The predicted molar refractivity (Wildman–Crippen MR) is 72.8 cm³/mol. The van der Waals surface area contributed by atoms with Crippen LogP contribution in [0.4, 0.5) is 0 Å². The van der Waals surface area contributed by atoms with E-state index >= 15 is 0 Å². The minimum Gasteiger partial charge on any atom is -0.370 e. The molecule has 0 aromatic rings. The van der Waals surface area contributed by atoms with Gasteiger partial charge in [0.05, 0.1) is 0 Å². The molecule has 4 heteroatoms. The van der Waals surface area contributed by atoms with Crippen molar-refractivity contribution in [2.45, 2.75) is 32.0 Å². The molecule has 0 saturated carbocycles. The van der Waals surface area contributed by atoms with E-state index in [-0.39, 0.29) is 0 Å². The highest BCUT2D eigenvalue weighted by molar-refractivity contribution is 6.53. The molecule has 94 valence electrons. The molecule has 0 N–H and O–H groups in total. The first-order valence-corrected chi connectivity index (χ1v) is 8.66. The van der Waals surface area contributed by atoms with Gasteiger partial charge in [-0.15, -0.1) is 0 Å². The van der Waals surface area contributed by atoms with Gasteiger partial charge in [0, 0.05) is 0 Å². The van der Waals surface area contributed by atoms with E-state index < -0.39 is 14.6 Å². The fraction of sp³-hybridized carbons (Fsp3) is 1.00. The van der Waals surface area contributed by atoms with Gasteiger partial charge in [0.15, 0.2) is 0 Å². The summed E-state index contributed by atoms with van der Waals surface area (Å²) in [5, 5.41) is 1.48.